The Kier molecular flexibility index (Phi) is 2.82. The van der Waals surface area contributed by atoms with Crippen LogP contribution < -0.4 is 4.74 Å². The van der Waals surface area contributed by atoms with Crippen LogP contribution in [0.15, 0.2) is 12.1 Å². The number of aliphatic hydroxyl groups is 1. The molecule has 0 aliphatic carbocycles. The van der Waals surface area contributed by atoms with Crippen molar-refractivity contribution in [2.45, 2.75) is 13.5 Å². The Bertz CT molecular complexity index is 546. The third-order valence-electron chi connectivity index (χ3n) is 3.02. The number of hydrogen-bond acceptors (Lipinski definition) is 2. The topological polar surface area (TPSA) is 34.4 Å². The standard InChI is InChI=1S/C12H14ClNO2/c1-7-8-4-12(16-3)9(13)5-10(8)14(2)11(7)6-15/h4-5,15H,6H2,1-3H3. The number of nitrogens with zero attached hydrogens (tertiary/aromatic N) is 1. The number of aryl methyl sites for hydroxylation is 2. The van der Waals surface area contributed by atoms with Gasteiger partial charge in [0.05, 0.1) is 24.3 Å². The molecule has 0 spiro atoms. The van der Waals surface area contributed by atoms with Crippen molar-refractivity contribution < 1.29 is 9.84 Å². The molecule has 1 aromatic heterocycles. The molecular weight excluding hydrogens is 226 g/mol. The van der Waals surface area contributed by atoms with Gasteiger partial charge in [0, 0.05) is 18.1 Å². The maximum absolute atomic E-state index is 9.31. The van der Waals surface area contributed by atoms with Crippen LogP contribution in [0.1, 0.15) is 11.3 Å². The fourth-order valence-corrected chi connectivity index (χ4v) is 2.29. The molecule has 3 nitrogen and oxygen atoms in total. The smallest absolute Gasteiger partial charge is 0.138 e. The lowest BCUT2D eigenvalue weighted by Crippen LogP contribution is -1.96. The third-order valence-corrected chi connectivity index (χ3v) is 3.32. The van der Waals surface area contributed by atoms with E-state index in [2.05, 4.69) is 0 Å². The first-order valence-corrected chi connectivity index (χ1v) is 5.40. The molecule has 1 aromatic carbocycles. The number of benzene rings is 1. The molecule has 0 saturated heterocycles. The van der Waals surface area contributed by atoms with Gasteiger partial charge in [-0.25, -0.2) is 0 Å². The molecule has 1 heterocycles. The van der Waals surface area contributed by atoms with Gasteiger partial charge >= 0.3 is 0 Å². The first-order chi connectivity index (χ1) is 7.60. The van der Waals surface area contributed by atoms with E-state index in [9.17, 15) is 5.11 Å². The van der Waals surface area contributed by atoms with E-state index in [1.165, 1.54) is 0 Å². The summed E-state index contributed by atoms with van der Waals surface area (Å²) in [5.74, 6) is 0.660. The van der Waals surface area contributed by atoms with Crippen molar-refractivity contribution in [3.05, 3.63) is 28.4 Å². The molecule has 0 aliphatic rings. The van der Waals surface area contributed by atoms with Crippen molar-refractivity contribution in [2.75, 3.05) is 7.11 Å². The molecule has 0 fully saturated rings. The minimum atomic E-state index is 0.0247. The molecular formula is C12H14ClNO2. The largest absolute Gasteiger partial charge is 0.495 e. The second-order valence-corrected chi connectivity index (χ2v) is 4.20. The monoisotopic (exact) mass is 239 g/mol. The van der Waals surface area contributed by atoms with E-state index in [1.807, 2.05) is 30.7 Å². The van der Waals surface area contributed by atoms with E-state index >= 15 is 0 Å². The molecule has 0 aliphatic heterocycles. The van der Waals surface area contributed by atoms with Crippen LogP contribution >= 0.6 is 11.6 Å². The van der Waals surface area contributed by atoms with E-state index in [-0.39, 0.29) is 6.61 Å². The van der Waals surface area contributed by atoms with E-state index in [1.54, 1.807) is 7.11 Å². The summed E-state index contributed by atoms with van der Waals surface area (Å²) in [6.45, 7) is 2.01. The molecule has 0 unspecified atom stereocenters. The Balaban J connectivity index is 2.83. The molecule has 1 N–H and O–H groups in total. The fourth-order valence-electron chi connectivity index (χ4n) is 2.05. The van der Waals surface area contributed by atoms with Crippen molar-refractivity contribution in [2.24, 2.45) is 7.05 Å². The Morgan fingerprint density at radius 3 is 2.69 bits per heavy atom. The van der Waals surface area contributed by atoms with Crippen molar-refractivity contribution in [3.63, 3.8) is 0 Å². The van der Waals surface area contributed by atoms with Gasteiger partial charge in [-0.15, -0.1) is 0 Å². The van der Waals surface area contributed by atoms with E-state index in [0.29, 0.717) is 10.8 Å². The zero-order valence-corrected chi connectivity index (χ0v) is 10.3. The first kappa shape index (κ1) is 11.3. The summed E-state index contributed by atoms with van der Waals surface area (Å²) in [4.78, 5) is 0. The molecule has 0 radical (unpaired) electrons. The molecule has 4 heteroatoms. The predicted octanol–water partition coefficient (Wildman–Crippen LogP) is 2.64. The Morgan fingerprint density at radius 1 is 1.44 bits per heavy atom. The lowest BCUT2D eigenvalue weighted by molar-refractivity contribution is 0.272. The summed E-state index contributed by atoms with van der Waals surface area (Å²) in [5, 5.41) is 11.0. The van der Waals surface area contributed by atoms with Gasteiger partial charge in [-0.1, -0.05) is 11.6 Å². The number of methoxy groups -OCH3 is 1. The number of halogens is 1. The highest BCUT2D eigenvalue weighted by Crippen LogP contribution is 2.33. The summed E-state index contributed by atoms with van der Waals surface area (Å²) in [7, 11) is 3.52. The average Bonchev–Trinajstić information content (AvgIpc) is 2.50. The van der Waals surface area contributed by atoms with Gasteiger partial charge < -0.3 is 14.4 Å². The van der Waals surface area contributed by atoms with Crippen LogP contribution in [-0.2, 0) is 13.7 Å². The normalized spacial score (nSPS) is 11.1. The lowest BCUT2D eigenvalue weighted by atomic mass is 10.1. The van der Waals surface area contributed by atoms with Crippen LogP contribution in [0.3, 0.4) is 0 Å². The maximum atomic E-state index is 9.31. The maximum Gasteiger partial charge on any atom is 0.138 e. The fraction of sp³-hybridized carbons (Fsp3) is 0.333. The minimum absolute atomic E-state index is 0.0247. The van der Waals surface area contributed by atoms with Crippen LogP contribution in [0.5, 0.6) is 5.75 Å². The van der Waals surface area contributed by atoms with E-state index in [0.717, 1.165) is 22.2 Å². The average molecular weight is 240 g/mol. The number of aliphatic hydroxyl groups excluding tert-OH is 1. The molecule has 2 aromatic rings. The molecule has 2 rings (SSSR count). The minimum Gasteiger partial charge on any atom is -0.495 e. The van der Waals surface area contributed by atoms with Gasteiger partial charge in [0.15, 0.2) is 0 Å². The number of aromatic nitrogens is 1. The second-order valence-electron chi connectivity index (χ2n) is 3.79. The number of hydrogen-bond donors (Lipinski definition) is 1. The molecule has 0 amide bonds. The van der Waals surface area contributed by atoms with Gasteiger partial charge in [-0.05, 0) is 24.6 Å². The van der Waals surface area contributed by atoms with Crippen LogP contribution in [0.4, 0.5) is 0 Å². The van der Waals surface area contributed by atoms with Gasteiger partial charge in [0.2, 0.25) is 0 Å². The number of fused-ring (bicyclic) bond motifs is 1. The summed E-state index contributed by atoms with van der Waals surface area (Å²) in [6.07, 6.45) is 0. The number of ether oxygens (including phenoxy) is 1. The molecule has 0 saturated carbocycles. The summed E-state index contributed by atoms with van der Waals surface area (Å²) < 4.78 is 7.14. The predicted molar refractivity (Wildman–Crippen MR) is 65.1 cm³/mol. The highest BCUT2D eigenvalue weighted by molar-refractivity contribution is 6.32. The van der Waals surface area contributed by atoms with Crippen molar-refractivity contribution >= 4 is 22.5 Å². The SMILES string of the molecule is COc1cc2c(C)c(CO)n(C)c2cc1Cl. The van der Waals surface area contributed by atoms with Crippen LogP contribution in [0.2, 0.25) is 5.02 Å². The van der Waals surface area contributed by atoms with Crippen molar-refractivity contribution in [3.8, 4) is 5.75 Å². The molecule has 0 bridgehead atoms. The molecule has 86 valence electrons. The quantitative estimate of drug-likeness (QED) is 0.874. The molecule has 16 heavy (non-hydrogen) atoms. The van der Waals surface area contributed by atoms with Gasteiger partial charge in [0.1, 0.15) is 5.75 Å². The second kappa shape index (κ2) is 4.00. The summed E-state index contributed by atoms with van der Waals surface area (Å²) >= 11 is 6.08. The molecule has 0 atom stereocenters. The zero-order chi connectivity index (χ0) is 11.9. The van der Waals surface area contributed by atoms with Gasteiger partial charge in [-0.2, -0.15) is 0 Å². The Hall–Kier alpha value is -1.19. The highest BCUT2D eigenvalue weighted by Gasteiger charge is 2.13. The first-order valence-electron chi connectivity index (χ1n) is 5.02. The Morgan fingerprint density at radius 2 is 2.12 bits per heavy atom. The zero-order valence-electron chi connectivity index (χ0n) is 9.54. The van der Waals surface area contributed by atoms with Gasteiger partial charge in [0.25, 0.3) is 0 Å². The van der Waals surface area contributed by atoms with Crippen LogP contribution in [-0.4, -0.2) is 16.8 Å². The van der Waals surface area contributed by atoms with Crippen LogP contribution in [0, 0.1) is 6.92 Å². The number of rotatable bonds is 2. The van der Waals surface area contributed by atoms with E-state index < -0.39 is 0 Å². The Labute approximate surface area is 99.2 Å². The summed E-state index contributed by atoms with van der Waals surface area (Å²) in [5.41, 5.74) is 2.97. The lowest BCUT2D eigenvalue weighted by Gasteiger charge is -2.04. The third kappa shape index (κ3) is 1.47. The van der Waals surface area contributed by atoms with E-state index in [4.69, 9.17) is 16.3 Å². The highest BCUT2D eigenvalue weighted by atomic mass is 35.5. The summed E-state index contributed by atoms with van der Waals surface area (Å²) in [6, 6.07) is 3.77. The van der Waals surface area contributed by atoms with Gasteiger partial charge in [-0.3, -0.25) is 0 Å². The van der Waals surface area contributed by atoms with Crippen molar-refractivity contribution in [1.82, 2.24) is 4.57 Å². The van der Waals surface area contributed by atoms with Crippen molar-refractivity contribution in [1.29, 1.82) is 0 Å². The van der Waals surface area contributed by atoms with Crippen LogP contribution in [0.25, 0.3) is 10.9 Å².